The molecule has 6 heteroatoms. The molecule has 1 rings (SSSR count). The predicted molar refractivity (Wildman–Crippen MR) is 62.5 cm³/mol. The van der Waals surface area contributed by atoms with E-state index in [0.717, 1.165) is 0 Å². The summed E-state index contributed by atoms with van der Waals surface area (Å²) >= 11 is 5.61. The van der Waals surface area contributed by atoms with Crippen LogP contribution in [-0.4, -0.2) is 17.6 Å². The summed E-state index contributed by atoms with van der Waals surface area (Å²) in [4.78, 5) is 0. The zero-order valence-corrected chi connectivity index (χ0v) is 9.34. The average molecular weight is 246 g/mol. The largest absolute Gasteiger partial charge is 0.409 e. The molecule has 1 aromatic rings. The zero-order valence-electron chi connectivity index (χ0n) is 8.58. The maximum Gasteiger partial charge on any atom is 0.147 e. The summed E-state index contributed by atoms with van der Waals surface area (Å²) in [6.45, 7) is 0.536. The molecule has 0 fully saturated rings. The van der Waals surface area contributed by atoms with Crippen LogP contribution in [0.4, 0.5) is 10.1 Å². The molecule has 0 amide bonds. The van der Waals surface area contributed by atoms with E-state index in [1.165, 1.54) is 6.07 Å². The molecule has 0 aliphatic rings. The number of anilines is 1. The van der Waals surface area contributed by atoms with E-state index < -0.39 is 5.82 Å². The smallest absolute Gasteiger partial charge is 0.147 e. The van der Waals surface area contributed by atoms with Crippen molar-refractivity contribution in [3.8, 4) is 0 Å². The fraction of sp³-hybridized carbons (Fsp3) is 0.300. The van der Waals surface area contributed by atoms with E-state index in [4.69, 9.17) is 22.5 Å². The molecule has 0 aromatic heterocycles. The molecule has 0 atom stereocenters. The Hall–Kier alpha value is -1.49. The van der Waals surface area contributed by atoms with Gasteiger partial charge in [0.25, 0.3) is 0 Å². The Morgan fingerprint density at radius 2 is 2.31 bits per heavy atom. The van der Waals surface area contributed by atoms with Crippen molar-refractivity contribution in [2.24, 2.45) is 10.9 Å². The number of nitrogens with one attached hydrogen (secondary N) is 1. The third-order valence-electron chi connectivity index (χ3n) is 1.98. The highest BCUT2D eigenvalue weighted by Crippen LogP contribution is 2.18. The quantitative estimate of drug-likeness (QED) is 0.245. The van der Waals surface area contributed by atoms with Gasteiger partial charge in [-0.2, -0.15) is 0 Å². The lowest BCUT2D eigenvalue weighted by molar-refractivity contribution is 0.316. The Bertz CT molecular complexity index is 384. The van der Waals surface area contributed by atoms with Crippen LogP contribution in [-0.2, 0) is 0 Å². The third kappa shape index (κ3) is 3.94. The normalized spacial score (nSPS) is 11.5. The van der Waals surface area contributed by atoms with E-state index in [2.05, 4.69) is 10.5 Å². The van der Waals surface area contributed by atoms with Gasteiger partial charge >= 0.3 is 0 Å². The van der Waals surface area contributed by atoms with Crippen LogP contribution in [0.1, 0.15) is 12.8 Å². The van der Waals surface area contributed by atoms with Crippen LogP contribution in [0.3, 0.4) is 0 Å². The van der Waals surface area contributed by atoms with Crippen molar-refractivity contribution >= 4 is 23.1 Å². The van der Waals surface area contributed by atoms with Crippen molar-refractivity contribution in [2.75, 3.05) is 11.9 Å². The van der Waals surface area contributed by atoms with Gasteiger partial charge in [0, 0.05) is 18.0 Å². The van der Waals surface area contributed by atoms with Gasteiger partial charge in [0.1, 0.15) is 11.7 Å². The lowest BCUT2D eigenvalue weighted by Gasteiger charge is -2.07. The number of hydrogen-bond acceptors (Lipinski definition) is 3. The number of halogens is 2. The van der Waals surface area contributed by atoms with Crippen molar-refractivity contribution in [3.05, 3.63) is 29.0 Å². The van der Waals surface area contributed by atoms with Crippen LogP contribution >= 0.6 is 11.6 Å². The van der Waals surface area contributed by atoms with Gasteiger partial charge in [0.2, 0.25) is 0 Å². The minimum absolute atomic E-state index is 0.165. The first-order valence-electron chi connectivity index (χ1n) is 4.79. The van der Waals surface area contributed by atoms with Crippen LogP contribution in [0.2, 0.25) is 5.02 Å². The monoisotopic (exact) mass is 245 g/mol. The van der Waals surface area contributed by atoms with Gasteiger partial charge in [-0.15, -0.1) is 0 Å². The number of rotatable bonds is 5. The Morgan fingerprint density at radius 1 is 1.56 bits per heavy atom. The van der Waals surface area contributed by atoms with Crippen LogP contribution < -0.4 is 11.1 Å². The van der Waals surface area contributed by atoms with E-state index in [1.807, 2.05) is 0 Å². The van der Waals surface area contributed by atoms with Crippen LogP contribution in [0.5, 0.6) is 0 Å². The molecule has 0 aliphatic heterocycles. The molecule has 0 spiro atoms. The maximum absolute atomic E-state index is 13.3. The summed E-state index contributed by atoms with van der Waals surface area (Å²) in [6, 6.07) is 4.42. The zero-order chi connectivity index (χ0) is 12.0. The van der Waals surface area contributed by atoms with Crippen molar-refractivity contribution in [2.45, 2.75) is 12.8 Å². The van der Waals surface area contributed by atoms with Crippen LogP contribution in [0, 0.1) is 5.82 Å². The van der Waals surface area contributed by atoms with Crippen molar-refractivity contribution < 1.29 is 9.60 Å². The number of amidine groups is 1. The molecule has 4 nitrogen and oxygen atoms in total. The summed E-state index contributed by atoms with van der Waals surface area (Å²) in [5.41, 5.74) is 5.68. The molecule has 0 aliphatic carbocycles. The molecular formula is C10H13ClFN3O. The lowest BCUT2D eigenvalue weighted by atomic mass is 10.2. The molecule has 0 saturated heterocycles. The second-order valence-electron chi connectivity index (χ2n) is 3.25. The SMILES string of the molecule is NC(CCCNc1ccc(Cl)cc1F)=NO. The first-order chi connectivity index (χ1) is 7.63. The standard InChI is InChI=1S/C10H13ClFN3O/c11-7-3-4-9(8(12)6-7)14-5-1-2-10(13)15-16/h3-4,6,14,16H,1-2,5H2,(H2,13,15). The first kappa shape index (κ1) is 12.6. The Morgan fingerprint density at radius 3 is 2.94 bits per heavy atom. The first-order valence-corrected chi connectivity index (χ1v) is 5.16. The van der Waals surface area contributed by atoms with Gasteiger partial charge < -0.3 is 16.3 Å². The molecule has 0 bridgehead atoms. The number of hydrogen-bond donors (Lipinski definition) is 3. The van der Waals surface area contributed by atoms with E-state index >= 15 is 0 Å². The maximum atomic E-state index is 13.3. The van der Waals surface area contributed by atoms with Crippen LogP contribution in [0.25, 0.3) is 0 Å². The van der Waals surface area contributed by atoms with Crippen LogP contribution in [0.15, 0.2) is 23.4 Å². The van der Waals surface area contributed by atoms with Crippen molar-refractivity contribution in [1.82, 2.24) is 0 Å². The van der Waals surface area contributed by atoms with Gasteiger partial charge in [-0.1, -0.05) is 16.8 Å². The highest BCUT2D eigenvalue weighted by Gasteiger charge is 2.01. The predicted octanol–water partition coefficient (Wildman–Crippen LogP) is 2.42. The van der Waals surface area contributed by atoms with Crippen molar-refractivity contribution in [1.29, 1.82) is 0 Å². The minimum Gasteiger partial charge on any atom is -0.409 e. The minimum atomic E-state index is -0.392. The molecule has 16 heavy (non-hydrogen) atoms. The average Bonchev–Trinajstić information content (AvgIpc) is 2.26. The molecule has 0 saturated carbocycles. The highest BCUT2D eigenvalue weighted by atomic mass is 35.5. The van der Waals surface area contributed by atoms with Gasteiger partial charge in [0.15, 0.2) is 0 Å². The van der Waals surface area contributed by atoms with Gasteiger partial charge in [-0.05, 0) is 24.6 Å². The number of nitrogens with zero attached hydrogens (tertiary/aromatic N) is 1. The van der Waals surface area contributed by atoms with E-state index in [0.29, 0.717) is 30.1 Å². The summed E-state index contributed by atoms with van der Waals surface area (Å²) < 4.78 is 13.3. The fourth-order valence-corrected chi connectivity index (χ4v) is 1.33. The van der Waals surface area contributed by atoms with Gasteiger partial charge in [-0.25, -0.2) is 4.39 Å². The molecule has 88 valence electrons. The molecular weight excluding hydrogens is 233 g/mol. The lowest BCUT2D eigenvalue weighted by Crippen LogP contribution is -2.13. The van der Waals surface area contributed by atoms with Gasteiger partial charge in [0.05, 0.1) is 5.69 Å². The number of oxime groups is 1. The topological polar surface area (TPSA) is 70.6 Å². The van der Waals surface area contributed by atoms with E-state index in [-0.39, 0.29) is 5.84 Å². The second-order valence-corrected chi connectivity index (χ2v) is 3.68. The summed E-state index contributed by atoms with van der Waals surface area (Å²) in [7, 11) is 0. The summed E-state index contributed by atoms with van der Waals surface area (Å²) in [5.74, 6) is -0.227. The molecule has 0 heterocycles. The van der Waals surface area contributed by atoms with E-state index in [1.54, 1.807) is 12.1 Å². The molecule has 4 N–H and O–H groups in total. The Labute approximate surface area is 97.9 Å². The van der Waals surface area contributed by atoms with E-state index in [9.17, 15) is 4.39 Å². The molecule has 0 radical (unpaired) electrons. The Kier molecular flexibility index (Phi) is 4.85. The highest BCUT2D eigenvalue weighted by molar-refractivity contribution is 6.30. The third-order valence-corrected chi connectivity index (χ3v) is 2.22. The Balaban J connectivity index is 2.37. The number of benzene rings is 1. The van der Waals surface area contributed by atoms with Gasteiger partial charge in [-0.3, -0.25) is 0 Å². The molecule has 0 unspecified atom stereocenters. The van der Waals surface area contributed by atoms with Crippen molar-refractivity contribution in [3.63, 3.8) is 0 Å². The fourth-order valence-electron chi connectivity index (χ4n) is 1.18. The molecule has 1 aromatic carbocycles. The second kappa shape index (κ2) is 6.17. The summed E-state index contributed by atoms with van der Waals surface area (Å²) in [6.07, 6.45) is 1.11. The summed E-state index contributed by atoms with van der Waals surface area (Å²) in [5, 5.41) is 14.4. The number of nitrogens with two attached hydrogens (primary N) is 1.